The van der Waals surface area contributed by atoms with Crippen LogP contribution in [0.25, 0.3) is 5.65 Å². The van der Waals surface area contributed by atoms with Gasteiger partial charge in [-0.05, 0) is 31.2 Å². The second-order valence-corrected chi connectivity index (χ2v) is 6.45. The van der Waals surface area contributed by atoms with Gasteiger partial charge in [0.1, 0.15) is 5.69 Å². The molecular formula is C17H20F2N6O4. The molecular weight excluding hydrogens is 390 g/mol. The molecule has 0 aliphatic carbocycles. The first-order valence-corrected chi connectivity index (χ1v) is 8.80. The second-order valence-electron chi connectivity index (χ2n) is 6.45. The van der Waals surface area contributed by atoms with Crippen molar-refractivity contribution in [3.8, 4) is 5.75 Å². The topological polar surface area (TPSA) is 128 Å². The van der Waals surface area contributed by atoms with Crippen LogP contribution in [0.15, 0.2) is 18.3 Å². The minimum Gasteiger partial charge on any atom is -0.490 e. The number of aliphatic hydroxyl groups excluding tert-OH is 2. The first-order valence-electron chi connectivity index (χ1n) is 8.80. The molecule has 0 fully saturated rings. The molecule has 0 saturated heterocycles. The van der Waals surface area contributed by atoms with Crippen LogP contribution in [0, 0.1) is 6.92 Å². The van der Waals surface area contributed by atoms with E-state index in [1.807, 2.05) is 6.92 Å². The summed E-state index contributed by atoms with van der Waals surface area (Å²) in [4.78, 5) is 17.5. The summed E-state index contributed by atoms with van der Waals surface area (Å²) in [6.07, 6.45) is 1.19. The minimum atomic E-state index is -3.04. The first kappa shape index (κ1) is 20.7. The monoisotopic (exact) mass is 410 g/mol. The van der Waals surface area contributed by atoms with E-state index in [1.165, 1.54) is 0 Å². The third-order valence-corrected chi connectivity index (χ3v) is 4.53. The molecule has 156 valence electrons. The van der Waals surface area contributed by atoms with Gasteiger partial charge in [0.2, 0.25) is 0 Å². The summed E-state index contributed by atoms with van der Waals surface area (Å²) in [5, 5.41) is 29.9. The number of imidazole rings is 1. The van der Waals surface area contributed by atoms with E-state index in [1.54, 1.807) is 29.7 Å². The maximum Gasteiger partial charge on any atom is 0.350 e. The molecule has 0 amide bonds. The maximum absolute atomic E-state index is 13.1. The number of ketones is 1. The van der Waals surface area contributed by atoms with E-state index in [0.29, 0.717) is 23.7 Å². The minimum absolute atomic E-state index is 0.0493. The number of alkyl halides is 2. The molecule has 3 heterocycles. The normalized spacial score (nSPS) is 12.1. The van der Waals surface area contributed by atoms with Crippen molar-refractivity contribution in [2.75, 3.05) is 19.8 Å². The molecule has 0 atom stereocenters. The van der Waals surface area contributed by atoms with Crippen LogP contribution in [0.3, 0.4) is 0 Å². The molecule has 0 aliphatic heterocycles. The third kappa shape index (κ3) is 3.68. The number of nitrogens with zero attached hydrogens (tertiary/aromatic N) is 6. The molecule has 29 heavy (non-hydrogen) atoms. The fourth-order valence-corrected chi connectivity index (χ4v) is 3.05. The van der Waals surface area contributed by atoms with Crippen molar-refractivity contribution in [2.24, 2.45) is 0 Å². The lowest BCUT2D eigenvalue weighted by molar-refractivity contribution is 0.0379. The summed E-state index contributed by atoms with van der Waals surface area (Å²) in [5.41, 5.74) is -0.612. The van der Waals surface area contributed by atoms with Crippen molar-refractivity contribution in [3.63, 3.8) is 0 Å². The highest BCUT2D eigenvalue weighted by Crippen LogP contribution is 2.29. The molecule has 0 aromatic carbocycles. The summed E-state index contributed by atoms with van der Waals surface area (Å²) in [7, 11) is 0. The number of aromatic nitrogens is 6. The number of halogens is 2. The molecule has 10 nitrogen and oxygen atoms in total. The fraction of sp³-hybridized carbons (Fsp3) is 0.471. The number of carbonyl (C=O) groups excluding carboxylic acids is 1. The smallest absolute Gasteiger partial charge is 0.350 e. The molecule has 12 heteroatoms. The van der Waals surface area contributed by atoms with E-state index in [4.69, 9.17) is 4.74 Å². The largest absolute Gasteiger partial charge is 0.490 e. The molecule has 0 unspecified atom stereocenters. The quantitative estimate of drug-likeness (QED) is 0.499. The molecule has 3 aromatic heterocycles. The molecule has 3 rings (SSSR count). The Morgan fingerprint density at radius 1 is 1.34 bits per heavy atom. The van der Waals surface area contributed by atoms with E-state index in [-0.39, 0.29) is 16.3 Å². The fourth-order valence-electron chi connectivity index (χ4n) is 3.05. The first-order chi connectivity index (χ1) is 13.9. The standard InChI is InChI=1S/C17H20F2N6O4/c1-3-29-12-5-4-6-24-13(10(2)20-14(12)24)11(28)7-17(8-26,9-27)15-21-23-25(22-15)16(18)19/h4-6,16,26-27H,3,7-9H2,1-2H3. The van der Waals surface area contributed by atoms with Crippen LogP contribution in [0.2, 0.25) is 0 Å². The molecule has 2 N–H and O–H groups in total. The highest BCUT2D eigenvalue weighted by molar-refractivity contribution is 5.97. The molecule has 0 radical (unpaired) electrons. The van der Waals surface area contributed by atoms with Crippen LogP contribution in [0.4, 0.5) is 8.78 Å². The number of carbonyl (C=O) groups is 1. The number of aryl methyl sites for hydroxylation is 1. The van der Waals surface area contributed by atoms with Gasteiger partial charge in [-0.2, -0.15) is 8.78 Å². The number of Topliss-reactive ketones (excluding diaryl/α,β-unsaturated/α-hetero) is 1. The van der Waals surface area contributed by atoms with Gasteiger partial charge < -0.3 is 14.9 Å². The lowest BCUT2D eigenvalue weighted by Crippen LogP contribution is -2.39. The maximum atomic E-state index is 13.1. The van der Waals surface area contributed by atoms with Gasteiger partial charge in [0.05, 0.1) is 30.9 Å². The average molecular weight is 410 g/mol. The van der Waals surface area contributed by atoms with E-state index in [2.05, 4.69) is 20.4 Å². The summed E-state index contributed by atoms with van der Waals surface area (Å²) in [6.45, 7) is -0.657. The zero-order valence-corrected chi connectivity index (χ0v) is 15.8. The van der Waals surface area contributed by atoms with Crippen molar-refractivity contribution >= 4 is 11.4 Å². The van der Waals surface area contributed by atoms with E-state index in [9.17, 15) is 23.8 Å². The number of aliphatic hydroxyl groups is 2. The van der Waals surface area contributed by atoms with E-state index in [0.717, 1.165) is 0 Å². The Hall–Kier alpha value is -2.99. The summed E-state index contributed by atoms with van der Waals surface area (Å²) in [6, 6.07) is 3.41. The van der Waals surface area contributed by atoms with Gasteiger partial charge in [0.25, 0.3) is 0 Å². The predicted octanol–water partition coefficient (Wildman–Crippen LogP) is 0.918. The Morgan fingerprint density at radius 3 is 2.66 bits per heavy atom. The summed E-state index contributed by atoms with van der Waals surface area (Å²) >= 11 is 0. The Kier molecular flexibility index (Phi) is 5.84. The molecule has 0 spiro atoms. The van der Waals surface area contributed by atoms with Gasteiger partial charge >= 0.3 is 6.55 Å². The van der Waals surface area contributed by atoms with Gasteiger partial charge in [-0.15, -0.1) is 10.2 Å². The summed E-state index contributed by atoms with van der Waals surface area (Å²) < 4.78 is 32.6. The van der Waals surface area contributed by atoms with Crippen molar-refractivity contribution in [2.45, 2.75) is 32.2 Å². The van der Waals surface area contributed by atoms with Crippen LogP contribution < -0.4 is 4.74 Å². The third-order valence-electron chi connectivity index (χ3n) is 4.53. The number of hydrogen-bond acceptors (Lipinski definition) is 8. The van der Waals surface area contributed by atoms with Crippen LogP contribution in [0.5, 0.6) is 5.75 Å². The van der Waals surface area contributed by atoms with Crippen LogP contribution in [-0.4, -0.2) is 65.4 Å². The van der Waals surface area contributed by atoms with Gasteiger partial charge in [-0.3, -0.25) is 9.20 Å². The molecule has 0 bridgehead atoms. The second kappa shape index (κ2) is 8.17. The van der Waals surface area contributed by atoms with Gasteiger partial charge in [-0.1, -0.05) is 4.80 Å². The van der Waals surface area contributed by atoms with Crippen molar-refractivity contribution in [1.29, 1.82) is 0 Å². The van der Waals surface area contributed by atoms with E-state index < -0.39 is 37.4 Å². The number of hydrogen-bond donors (Lipinski definition) is 2. The van der Waals surface area contributed by atoms with Gasteiger partial charge in [0, 0.05) is 12.6 Å². The number of pyridine rings is 1. The van der Waals surface area contributed by atoms with E-state index >= 15 is 0 Å². The van der Waals surface area contributed by atoms with Gasteiger partial charge in [-0.25, -0.2) is 4.98 Å². The molecule has 3 aromatic rings. The highest BCUT2D eigenvalue weighted by Gasteiger charge is 2.40. The lowest BCUT2D eigenvalue weighted by atomic mass is 9.82. The number of rotatable bonds is 9. The number of fused-ring (bicyclic) bond motifs is 1. The lowest BCUT2D eigenvalue weighted by Gasteiger charge is -2.25. The zero-order chi connectivity index (χ0) is 21.2. The number of ether oxygens (including phenoxy) is 1. The summed E-state index contributed by atoms with van der Waals surface area (Å²) in [5.74, 6) is -0.341. The van der Waals surface area contributed by atoms with Crippen LogP contribution >= 0.6 is 0 Å². The van der Waals surface area contributed by atoms with Crippen molar-refractivity contribution in [1.82, 2.24) is 29.6 Å². The number of tetrazole rings is 1. The average Bonchev–Trinajstić information content (AvgIpc) is 3.32. The Balaban J connectivity index is 2.00. The Labute approximate surface area is 163 Å². The van der Waals surface area contributed by atoms with Gasteiger partial charge in [0.15, 0.2) is 23.0 Å². The Bertz CT molecular complexity index is 1010. The van der Waals surface area contributed by atoms with Crippen molar-refractivity contribution < 1.29 is 28.5 Å². The highest BCUT2D eigenvalue weighted by atomic mass is 19.3. The SMILES string of the molecule is CCOc1cccn2c(C(=O)CC(CO)(CO)c3nnn(C(F)F)n3)c(C)nc12. The van der Waals surface area contributed by atoms with Crippen molar-refractivity contribution in [3.05, 3.63) is 35.5 Å². The van der Waals surface area contributed by atoms with Crippen LogP contribution in [-0.2, 0) is 5.41 Å². The Morgan fingerprint density at radius 2 is 2.07 bits per heavy atom. The zero-order valence-electron chi connectivity index (χ0n) is 15.8. The predicted molar refractivity (Wildman–Crippen MR) is 95.0 cm³/mol. The molecule has 0 aliphatic rings. The van der Waals surface area contributed by atoms with Crippen LogP contribution in [0.1, 0.15) is 41.9 Å². The molecule has 0 saturated carbocycles.